The molecule has 0 aliphatic heterocycles. The molecule has 0 spiro atoms. The van der Waals surface area contributed by atoms with Crippen molar-refractivity contribution in [2.45, 2.75) is 26.7 Å². The molecule has 0 saturated heterocycles. The van der Waals surface area contributed by atoms with Crippen LogP contribution in [0.1, 0.15) is 26.7 Å². The van der Waals surface area contributed by atoms with Gasteiger partial charge in [0, 0.05) is 38.9 Å². The maximum Gasteiger partial charge on any atom is 0.191 e. The number of guanidine groups is 1. The Morgan fingerprint density at radius 2 is 1.67 bits per heavy atom. The number of anilines is 1. The summed E-state index contributed by atoms with van der Waals surface area (Å²) in [5.41, 5.74) is 1.27. The van der Waals surface area contributed by atoms with Gasteiger partial charge in [0.25, 0.3) is 0 Å². The largest absolute Gasteiger partial charge is 0.375 e. The number of unbranched alkanes of at least 4 members (excludes halogenated alkanes) is 1. The van der Waals surface area contributed by atoms with Crippen molar-refractivity contribution in [2.24, 2.45) is 4.99 Å². The van der Waals surface area contributed by atoms with Crippen LogP contribution in [0.4, 0.5) is 5.69 Å². The Kier molecular flexibility index (Phi) is 12.1. The second-order valence-electron chi connectivity index (χ2n) is 4.76. The van der Waals surface area contributed by atoms with Gasteiger partial charge in [-0.2, -0.15) is 0 Å². The van der Waals surface area contributed by atoms with E-state index in [1.807, 2.05) is 0 Å². The SMILES string of the molecule is CCNC(=NCCCCN(C)c1ccccc1)NCC.I. The summed E-state index contributed by atoms with van der Waals surface area (Å²) in [5.74, 6) is 0.923. The molecule has 0 atom stereocenters. The predicted molar refractivity (Wildman–Crippen MR) is 104 cm³/mol. The van der Waals surface area contributed by atoms with Crippen LogP contribution in [0.3, 0.4) is 0 Å². The summed E-state index contributed by atoms with van der Waals surface area (Å²) < 4.78 is 0. The van der Waals surface area contributed by atoms with Crippen LogP contribution < -0.4 is 15.5 Å². The zero-order valence-corrected chi connectivity index (χ0v) is 15.8. The number of hydrogen-bond acceptors (Lipinski definition) is 2. The third-order valence-electron chi connectivity index (χ3n) is 3.06. The average molecular weight is 404 g/mol. The van der Waals surface area contributed by atoms with E-state index in [2.05, 4.69) is 71.8 Å². The molecule has 0 unspecified atom stereocenters. The second-order valence-corrected chi connectivity index (χ2v) is 4.76. The summed E-state index contributed by atoms with van der Waals surface area (Å²) in [6, 6.07) is 10.5. The Morgan fingerprint density at radius 1 is 1.05 bits per heavy atom. The summed E-state index contributed by atoms with van der Waals surface area (Å²) >= 11 is 0. The first-order valence-electron chi connectivity index (χ1n) is 7.56. The van der Waals surface area contributed by atoms with Crippen LogP contribution in [0, 0.1) is 0 Å². The van der Waals surface area contributed by atoms with Crippen LogP contribution in [0.25, 0.3) is 0 Å². The maximum absolute atomic E-state index is 4.55. The highest BCUT2D eigenvalue weighted by Gasteiger charge is 1.99. The van der Waals surface area contributed by atoms with Gasteiger partial charge in [-0.25, -0.2) is 0 Å². The summed E-state index contributed by atoms with van der Waals surface area (Å²) in [6.45, 7) is 7.92. The lowest BCUT2D eigenvalue weighted by Crippen LogP contribution is -2.37. The molecule has 0 bridgehead atoms. The molecule has 120 valence electrons. The first-order chi connectivity index (χ1) is 9.77. The molecular weight excluding hydrogens is 375 g/mol. The summed E-state index contributed by atoms with van der Waals surface area (Å²) in [5, 5.41) is 6.48. The molecule has 0 fully saturated rings. The molecule has 0 aliphatic carbocycles. The van der Waals surface area contributed by atoms with Crippen molar-refractivity contribution in [1.82, 2.24) is 10.6 Å². The Morgan fingerprint density at radius 3 is 2.24 bits per heavy atom. The molecule has 1 aromatic carbocycles. The van der Waals surface area contributed by atoms with Gasteiger partial charge in [0.05, 0.1) is 0 Å². The van der Waals surface area contributed by atoms with Crippen molar-refractivity contribution in [3.05, 3.63) is 30.3 Å². The predicted octanol–water partition coefficient (Wildman–Crippen LogP) is 3.10. The summed E-state index contributed by atoms with van der Waals surface area (Å²) in [6.07, 6.45) is 2.26. The molecule has 1 rings (SSSR count). The summed E-state index contributed by atoms with van der Waals surface area (Å²) in [4.78, 5) is 6.84. The molecule has 0 aliphatic rings. The second kappa shape index (κ2) is 12.7. The number of hydrogen-bond donors (Lipinski definition) is 2. The molecule has 4 nitrogen and oxygen atoms in total. The van der Waals surface area contributed by atoms with Gasteiger partial charge in [-0.3, -0.25) is 4.99 Å². The lowest BCUT2D eigenvalue weighted by molar-refractivity contribution is 0.721. The molecule has 2 N–H and O–H groups in total. The van der Waals surface area contributed by atoms with Crippen molar-refractivity contribution in [3.63, 3.8) is 0 Å². The van der Waals surface area contributed by atoms with Gasteiger partial charge in [0.2, 0.25) is 0 Å². The van der Waals surface area contributed by atoms with Gasteiger partial charge < -0.3 is 15.5 Å². The average Bonchev–Trinajstić information content (AvgIpc) is 2.48. The van der Waals surface area contributed by atoms with Gasteiger partial charge in [0.1, 0.15) is 0 Å². The van der Waals surface area contributed by atoms with E-state index >= 15 is 0 Å². The lowest BCUT2D eigenvalue weighted by Gasteiger charge is -2.18. The fraction of sp³-hybridized carbons (Fsp3) is 0.562. The number of aliphatic imine (C=N–C) groups is 1. The Labute approximate surface area is 146 Å². The zero-order valence-electron chi connectivity index (χ0n) is 13.4. The van der Waals surface area contributed by atoms with E-state index in [4.69, 9.17) is 0 Å². The third kappa shape index (κ3) is 8.80. The number of nitrogens with zero attached hydrogens (tertiary/aromatic N) is 2. The molecule has 21 heavy (non-hydrogen) atoms. The fourth-order valence-electron chi connectivity index (χ4n) is 1.97. The Hall–Kier alpha value is -0.980. The highest BCUT2D eigenvalue weighted by Crippen LogP contribution is 2.11. The van der Waals surface area contributed by atoms with Crippen LogP contribution in [0.5, 0.6) is 0 Å². The number of nitrogens with one attached hydrogen (secondary N) is 2. The topological polar surface area (TPSA) is 39.7 Å². The molecule has 0 aromatic heterocycles. The number of rotatable bonds is 8. The van der Waals surface area contributed by atoms with E-state index in [0.717, 1.165) is 45.0 Å². The standard InChI is InChI=1S/C16H28N4.HI/c1-4-17-16(18-5-2)19-13-9-10-14-20(3)15-11-7-6-8-12-15;/h6-8,11-12H,4-5,9-10,13-14H2,1-3H3,(H2,17,18,19);1H. The minimum absolute atomic E-state index is 0. The van der Waals surface area contributed by atoms with Gasteiger partial charge in [0.15, 0.2) is 5.96 Å². The van der Waals surface area contributed by atoms with E-state index in [1.165, 1.54) is 5.69 Å². The highest BCUT2D eigenvalue weighted by atomic mass is 127. The van der Waals surface area contributed by atoms with Crippen molar-refractivity contribution in [1.29, 1.82) is 0 Å². The van der Waals surface area contributed by atoms with Gasteiger partial charge in [-0.15, -0.1) is 24.0 Å². The fourth-order valence-corrected chi connectivity index (χ4v) is 1.97. The van der Waals surface area contributed by atoms with E-state index < -0.39 is 0 Å². The summed E-state index contributed by atoms with van der Waals surface area (Å²) in [7, 11) is 2.14. The number of para-hydroxylation sites is 1. The maximum atomic E-state index is 4.55. The number of benzene rings is 1. The van der Waals surface area contributed by atoms with Crippen LogP contribution in [-0.4, -0.2) is 39.2 Å². The minimum atomic E-state index is 0. The molecule has 0 saturated carbocycles. The van der Waals surface area contributed by atoms with Crippen LogP contribution in [-0.2, 0) is 0 Å². The van der Waals surface area contributed by atoms with Gasteiger partial charge >= 0.3 is 0 Å². The van der Waals surface area contributed by atoms with Crippen molar-refractivity contribution in [2.75, 3.05) is 38.1 Å². The molecular formula is C16H29IN4. The van der Waals surface area contributed by atoms with E-state index in [-0.39, 0.29) is 24.0 Å². The quantitative estimate of drug-likeness (QED) is 0.303. The van der Waals surface area contributed by atoms with Crippen molar-refractivity contribution in [3.8, 4) is 0 Å². The molecule has 0 radical (unpaired) electrons. The molecule has 5 heteroatoms. The monoisotopic (exact) mass is 404 g/mol. The van der Waals surface area contributed by atoms with Crippen molar-refractivity contribution >= 4 is 35.6 Å². The minimum Gasteiger partial charge on any atom is -0.375 e. The van der Waals surface area contributed by atoms with E-state index in [9.17, 15) is 0 Å². The lowest BCUT2D eigenvalue weighted by atomic mass is 10.2. The Bertz CT molecular complexity index is 373. The zero-order chi connectivity index (χ0) is 14.6. The third-order valence-corrected chi connectivity index (χ3v) is 3.06. The van der Waals surface area contributed by atoms with Crippen molar-refractivity contribution < 1.29 is 0 Å². The molecule has 0 amide bonds. The van der Waals surface area contributed by atoms with Crippen LogP contribution in [0.15, 0.2) is 35.3 Å². The first kappa shape index (κ1) is 20.0. The van der Waals surface area contributed by atoms with Crippen LogP contribution in [0.2, 0.25) is 0 Å². The Balaban J connectivity index is 0.00000400. The molecule has 1 aromatic rings. The van der Waals surface area contributed by atoms with Gasteiger partial charge in [-0.1, -0.05) is 18.2 Å². The normalized spacial score (nSPS) is 9.48. The first-order valence-corrected chi connectivity index (χ1v) is 7.56. The smallest absolute Gasteiger partial charge is 0.191 e. The molecule has 0 heterocycles. The van der Waals surface area contributed by atoms with Crippen LogP contribution >= 0.6 is 24.0 Å². The van der Waals surface area contributed by atoms with E-state index in [0.29, 0.717) is 0 Å². The number of halogens is 1. The van der Waals surface area contributed by atoms with Gasteiger partial charge in [-0.05, 0) is 38.8 Å². The highest BCUT2D eigenvalue weighted by molar-refractivity contribution is 14.0. The van der Waals surface area contributed by atoms with E-state index in [1.54, 1.807) is 0 Å².